The van der Waals surface area contributed by atoms with Crippen LogP contribution in [0.2, 0.25) is 0 Å². The van der Waals surface area contributed by atoms with Gasteiger partial charge in [-0.1, -0.05) is 6.42 Å². The maximum absolute atomic E-state index is 12.6. The van der Waals surface area contributed by atoms with E-state index in [4.69, 9.17) is 21.7 Å². The molecule has 0 spiro atoms. The second kappa shape index (κ2) is 11.3. The van der Waals surface area contributed by atoms with Gasteiger partial charge in [-0.25, -0.2) is 0 Å². The summed E-state index contributed by atoms with van der Waals surface area (Å²) in [6, 6.07) is 5.93. The number of thiocarbonyl (C=S) groups is 1. The van der Waals surface area contributed by atoms with E-state index in [0.717, 1.165) is 32.1 Å². The molecule has 1 aliphatic carbocycles. The average Bonchev–Trinajstić information content (AvgIpc) is 2.75. The molecule has 2 N–H and O–H groups in total. The molecule has 1 saturated carbocycles. The highest BCUT2D eigenvalue weighted by Crippen LogP contribution is 2.21. The molecule has 1 aromatic rings. The highest BCUT2D eigenvalue weighted by molar-refractivity contribution is 7.80. The number of amides is 2. The van der Waals surface area contributed by atoms with E-state index < -0.39 is 12.0 Å². The quantitative estimate of drug-likeness (QED) is 0.496. The van der Waals surface area contributed by atoms with Crippen LogP contribution in [0, 0.1) is 0 Å². The normalized spacial score (nSPS) is 19.3. The van der Waals surface area contributed by atoms with Crippen LogP contribution in [0.4, 0.5) is 0 Å². The number of nitrogens with zero attached hydrogens (tertiary/aromatic N) is 1. The fraction of sp³-hybridized carbons (Fsp3) is 0.565. The molecular formula is C23H31N3O5S. The minimum Gasteiger partial charge on any atom is -0.491 e. The second-order valence-corrected chi connectivity index (χ2v) is 8.79. The zero-order valence-corrected chi connectivity index (χ0v) is 19.4. The summed E-state index contributed by atoms with van der Waals surface area (Å²) in [5.41, 5.74) is 0.415. The van der Waals surface area contributed by atoms with Gasteiger partial charge in [0.05, 0.1) is 12.5 Å². The van der Waals surface area contributed by atoms with Gasteiger partial charge in [-0.2, -0.15) is 0 Å². The van der Waals surface area contributed by atoms with Crippen LogP contribution in [0.25, 0.3) is 0 Å². The Balaban J connectivity index is 1.59. The van der Waals surface area contributed by atoms with Crippen molar-refractivity contribution < 1.29 is 23.9 Å². The molecule has 1 aromatic carbocycles. The van der Waals surface area contributed by atoms with Crippen LogP contribution < -0.4 is 15.4 Å². The summed E-state index contributed by atoms with van der Waals surface area (Å²) in [5.74, 6) is -0.438. The van der Waals surface area contributed by atoms with Crippen LogP contribution in [-0.4, -0.2) is 59.1 Å². The van der Waals surface area contributed by atoms with Gasteiger partial charge in [-0.3, -0.25) is 19.7 Å². The van der Waals surface area contributed by atoms with E-state index in [1.54, 1.807) is 29.2 Å². The first-order valence-corrected chi connectivity index (χ1v) is 11.6. The molecule has 2 aliphatic rings. The third-order valence-electron chi connectivity index (χ3n) is 5.51. The molecule has 0 radical (unpaired) electrons. The zero-order chi connectivity index (χ0) is 23.1. The molecule has 32 heavy (non-hydrogen) atoms. The van der Waals surface area contributed by atoms with Gasteiger partial charge in [0.15, 0.2) is 5.11 Å². The third-order valence-corrected chi connectivity index (χ3v) is 5.85. The van der Waals surface area contributed by atoms with Gasteiger partial charge in [0.1, 0.15) is 17.9 Å². The molecule has 174 valence electrons. The van der Waals surface area contributed by atoms with Gasteiger partial charge in [-0.15, -0.1) is 0 Å². The van der Waals surface area contributed by atoms with Crippen LogP contribution >= 0.6 is 12.2 Å². The minimum absolute atomic E-state index is 0.0363. The van der Waals surface area contributed by atoms with Gasteiger partial charge in [0.2, 0.25) is 5.91 Å². The Morgan fingerprint density at radius 2 is 1.88 bits per heavy atom. The molecule has 0 bridgehead atoms. The largest absolute Gasteiger partial charge is 0.491 e. The van der Waals surface area contributed by atoms with Crippen LogP contribution in [0.1, 0.15) is 62.7 Å². The predicted octanol–water partition coefficient (Wildman–Crippen LogP) is 2.55. The Morgan fingerprint density at radius 1 is 1.19 bits per heavy atom. The molecular weight excluding hydrogens is 430 g/mol. The number of hydrogen-bond donors (Lipinski definition) is 2. The Bertz CT molecular complexity index is 837. The summed E-state index contributed by atoms with van der Waals surface area (Å²) in [6.45, 7) is 4.63. The summed E-state index contributed by atoms with van der Waals surface area (Å²) < 4.78 is 11.2. The van der Waals surface area contributed by atoms with E-state index in [1.165, 1.54) is 0 Å². The van der Waals surface area contributed by atoms with Crippen molar-refractivity contribution in [1.82, 2.24) is 15.5 Å². The predicted molar refractivity (Wildman–Crippen MR) is 123 cm³/mol. The number of hydrogen-bond acceptors (Lipinski definition) is 6. The number of nitrogens with one attached hydrogen (secondary N) is 2. The molecule has 0 aromatic heterocycles. The van der Waals surface area contributed by atoms with E-state index in [9.17, 15) is 14.4 Å². The average molecular weight is 462 g/mol. The number of esters is 1. The van der Waals surface area contributed by atoms with Crippen molar-refractivity contribution in [3.05, 3.63) is 29.8 Å². The number of piperazine rings is 1. The number of carbonyl (C=O) groups is 3. The minimum atomic E-state index is -0.811. The first kappa shape index (κ1) is 24.0. The highest BCUT2D eigenvalue weighted by atomic mass is 32.1. The molecule has 1 heterocycles. The van der Waals surface area contributed by atoms with E-state index >= 15 is 0 Å². The second-order valence-electron chi connectivity index (χ2n) is 8.40. The van der Waals surface area contributed by atoms with E-state index in [2.05, 4.69) is 10.6 Å². The van der Waals surface area contributed by atoms with Crippen molar-refractivity contribution in [3.63, 3.8) is 0 Å². The standard InChI is InChI=1S/C23H31N3O5S/c1-15(2)30-18-10-8-16(9-11-18)21(28)25-23(32)26-13-12-24-22(29)19(26)14-20(27)31-17-6-4-3-5-7-17/h8-11,15,17,19H,3-7,12-14H2,1-2H3,(H,24,29)(H,25,28,32). The highest BCUT2D eigenvalue weighted by Gasteiger charge is 2.35. The molecule has 2 amide bonds. The number of ether oxygens (including phenoxy) is 2. The van der Waals surface area contributed by atoms with E-state index in [-0.39, 0.29) is 35.6 Å². The number of benzene rings is 1. The Labute approximate surface area is 194 Å². The van der Waals surface area contributed by atoms with E-state index in [0.29, 0.717) is 24.4 Å². The summed E-state index contributed by atoms with van der Waals surface area (Å²) in [4.78, 5) is 39.2. The van der Waals surface area contributed by atoms with Crippen LogP contribution in [0.15, 0.2) is 24.3 Å². The van der Waals surface area contributed by atoms with Crippen LogP contribution in [-0.2, 0) is 14.3 Å². The van der Waals surface area contributed by atoms with Gasteiger partial charge in [-0.05, 0) is 76.0 Å². The lowest BCUT2D eigenvalue weighted by atomic mass is 9.98. The summed E-state index contributed by atoms with van der Waals surface area (Å²) in [6.07, 6.45) is 4.83. The van der Waals surface area contributed by atoms with Gasteiger partial charge in [0, 0.05) is 18.7 Å². The molecule has 2 fully saturated rings. The number of rotatable bonds is 6. The van der Waals surface area contributed by atoms with Gasteiger partial charge >= 0.3 is 5.97 Å². The van der Waals surface area contributed by atoms with Crippen LogP contribution in [0.5, 0.6) is 5.75 Å². The van der Waals surface area contributed by atoms with Crippen molar-refractivity contribution >= 4 is 35.1 Å². The lowest BCUT2D eigenvalue weighted by Gasteiger charge is -2.36. The lowest BCUT2D eigenvalue weighted by Crippen LogP contribution is -2.60. The maximum Gasteiger partial charge on any atom is 0.308 e. The molecule has 1 unspecified atom stereocenters. The molecule has 9 heteroatoms. The monoisotopic (exact) mass is 461 g/mol. The summed E-state index contributed by atoms with van der Waals surface area (Å²) >= 11 is 5.41. The van der Waals surface area contributed by atoms with Crippen molar-refractivity contribution in [2.24, 2.45) is 0 Å². The molecule has 1 aliphatic heterocycles. The fourth-order valence-electron chi connectivity index (χ4n) is 3.93. The first-order chi connectivity index (χ1) is 15.3. The van der Waals surface area contributed by atoms with Gasteiger partial charge in [0.25, 0.3) is 5.91 Å². The van der Waals surface area contributed by atoms with Crippen LogP contribution in [0.3, 0.4) is 0 Å². The zero-order valence-electron chi connectivity index (χ0n) is 18.6. The SMILES string of the molecule is CC(C)Oc1ccc(C(=O)NC(=S)N2CCNC(=O)C2CC(=O)OC2CCCCC2)cc1. The van der Waals surface area contributed by atoms with Crippen molar-refractivity contribution in [1.29, 1.82) is 0 Å². The molecule has 1 saturated heterocycles. The summed E-state index contributed by atoms with van der Waals surface area (Å²) in [7, 11) is 0. The Hall–Kier alpha value is -2.68. The lowest BCUT2D eigenvalue weighted by molar-refractivity contribution is -0.153. The topological polar surface area (TPSA) is 97.0 Å². The van der Waals surface area contributed by atoms with Crippen molar-refractivity contribution in [2.45, 2.75) is 70.6 Å². The molecule has 3 rings (SSSR count). The maximum atomic E-state index is 12.6. The van der Waals surface area contributed by atoms with Crippen molar-refractivity contribution in [3.8, 4) is 5.75 Å². The fourth-order valence-corrected chi connectivity index (χ4v) is 4.24. The number of carbonyl (C=O) groups excluding carboxylic acids is 3. The smallest absolute Gasteiger partial charge is 0.308 e. The Kier molecular flexibility index (Phi) is 8.44. The van der Waals surface area contributed by atoms with E-state index in [1.807, 2.05) is 13.8 Å². The van der Waals surface area contributed by atoms with Crippen molar-refractivity contribution in [2.75, 3.05) is 13.1 Å². The summed E-state index contributed by atoms with van der Waals surface area (Å²) in [5, 5.41) is 5.55. The Morgan fingerprint density at radius 3 is 2.53 bits per heavy atom. The third kappa shape index (κ3) is 6.66. The first-order valence-electron chi connectivity index (χ1n) is 11.2. The van der Waals surface area contributed by atoms with Gasteiger partial charge < -0.3 is 19.7 Å². The molecule has 8 nitrogen and oxygen atoms in total. The molecule has 1 atom stereocenters.